The number of likely N-dealkylation sites (tertiary alicyclic amines) is 1. The zero-order valence-corrected chi connectivity index (χ0v) is 13.8. The van der Waals surface area contributed by atoms with Gasteiger partial charge < -0.3 is 9.42 Å². The average molecular weight is 290 g/mol. The standard InChI is InChI=1S/C17H26N2O2/c1-10(2)14-13(12(5)18-21-14)16(20)19-9-17(7-6-8-17)15(19)11(3)4/h10-11,15H,6-9H2,1-5H3. The number of hydrogen-bond donors (Lipinski definition) is 0. The number of nitrogens with zero attached hydrogens (tertiary/aromatic N) is 2. The van der Waals surface area contributed by atoms with Gasteiger partial charge in [0, 0.05) is 23.9 Å². The van der Waals surface area contributed by atoms with Crippen LogP contribution in [0, 0.1) is 18.3 Å². The SMILES string of the molecule is Cc1noc(C(C)C)c1C(=O)N1CC2(CCC2)C1C(C)C. The molecule has 0 bridgehead atoms. The molecule has 1 aromatic rings. The molecule has 1 unspecified atom stereocenters. The molecule has 1 amide bonds. The third-order valence-electron chi connectivity index (χ3n) is 5.32. The largest absolute Gasteiger partial charge is 0.360 e. The highest BCUT2D eigenvalue weighted by molar-refractivity contribution is 5.97. The maximum absolute atomic E-state index is 13.0. The van der Waals surface area contributed by atoms with Crippen LogP contribution < -0.4 is 0 Å². The number of aryl methyl sites for hydroxylation is 1. The van der Waals surface area contributed by atoms with E-state index in [2.05, 4.69) is 23.9 Å². The molecule has 4 heteroatoms. The Balaban J connectivity index is 1.88. The second kappa shape index (κ2) is 4.85. The van der Waals surface area contributed by atoms with E-state index in [9.17, 15) is 4.79 Å². The molecule has 2 fully saturated rings. The highest BCUT2D eigenvalue weighted by atomic mass is 16.5. The van der Waals surface area contributed by atoms with E-state index in [1.54, 1.807) is 0 Å². The van der Waals surface area contributed by atoms with Gasteiger partial charge in [-0.15, -0.1) is 0 Å². The second-order valence-electron chi connectivity index (χ2n) is 7.50. The van der Waals surface area contributed by atoms with Crippen LogP contribution in [0.2, 0.25) is 0 Å². The molecule has 2 aliphatic rings. The number of carbonyl (C=O) groups excluding carboxylic acids is 1. The van der Waals surface area contributed by atoms with Crippen molar-refractivity contribution in [1.82, 2.24) is 10.1 Å². The molecule has 1 aromatic heterocycles. The highest BCUT2D eigenvalue weighted by Gasteiger charge is 2.58. The third-order valence-corrected chi connectivity index (χ3v) is 5.32. The highest BCUT2D eigenvalue weighted by Crippen LogP contribution is 2.55. The van der Waals surface area contributed by atoms with Gasteiger partial charge in [-0.1, -0.05) is 39.3 Å². The Morgan fingerprint density at radius 2 is 2.00 bits per heavy atom. The lowest BCUT2D eigenvalue weighted by Gasteiger charge is -2.64. The van der Waals surface area contributed by atoms with Crippen LogP contribution >= 0.6 is 0 Å². The van der Waals surface area contributed by atoms with Crippen molar-refractivity contribution in [3.8, 4) is 0 Å². The quantitative estimate of drug-likeness (QED) is 0.851. The van der Waals surface area contributed by atoms with Gasteiger partial charge in [0.15, 0.2) is 5.76 Å². The van der Waals surface area contributed by atoms with Crippen LogP contribution in [0.3, 0.4) is 0 Å². The molecule has 0 aromatic carbocycles. The number of aromatic nitrogens is 1. The summed E-state index contributed by atoms with van der Waals surface area (Å²) in [5.41, 5.74) is 1.83. The monoisotopic (exact) mass is 290 g/mol. The molecule has 21 heavy (non-hydrogen) atoms. The zero-order chi connectivity index (χ0) is 15.4. The van der Waals surface area contributed by atoms with Crippen LogP contribution in [-0.4, -0.2) is 28.6 Å². The van der Waals surface area contributed by atoms with E-state index >= 15 is 0 Å². The van der Waals surface area contributed by atoms with Crippen LogP contribution in [0.25, 0.3) is 0 Å². The fourth-order valence-electron chi connectivity index (χ4n) is 4.28. The van der Waals surface area contributed by atoms with Gasteiger partial charge in [0.25, 0.3) is 5.91 Å². The van der Waals surface area contributed by atoms with E-state index in [0.29, 0.717) is 22.9 Å². The van der Waals surface area contributed by atoms with Crippen molar-refractivity contribution in [2.45, 2.75) is 65.8 Å². The van der Waals surface area contributed by atoms with Crippen molar-refractivity contribution in [2.24, 2.45) is 11.3 Å². The zero-order valence-electron chi connectivity index (χ0n) is 13.8. The predicted molar refractivity (Wildman–Crippen MR) is 81.3 cm³/mol. The number of carbonyl (C=O) groups is 1. The van der Waals surface area contributed by atoms with Gasteiger partial charge in [-0.3, -0.25) is 4.79 Å². The van der Waals surface area contributed by atoms with Crippen molar-refractivity contribution >= 4 is 5.91 Å². The summed E-state index contributed by atoms with van der Waals surface area (Å²) in [4.78, 5) is 15.1. The Morgan fingerprint density at radius 1 is 1.33 bits per heavy atom. The molecule has 0 radical (unpaired) electrons. The smallest absolute Gasteiger partial charge is 0.259 e. The molecule has 116 valence electrons. The summed E-state index contributed by atoms with van der Waals surface area (Å²) in [6.45, 7) is 11.3. The molecule has 1 spiro atoms. The summed E-state index contributed by atoms with van der Waals surface area (Å²) in [5, 5.41) is 4.02. The summed E-state index contributed by atoms with van der Waals surface area (Å²) in [7, 11) is 0. The van der Waals surface area contributed by atoms with Gasteiger partial charge in [-0.05, 0) is 25.7 Å². The van der Waals surface area contributed by atoms with Gasteiger partial charge >= 0.3 is 0 Å². The van der Waals surface area contributed by atoms with Crippen LogP contribution in [-0.2, 0) is 0 Å². The molecule has 4 nitrogen and oxygen atoms in total. The van der Waals surface area contributed by atoms with Crippen molar-refractivity contribution in [3.05, 3.63) is 17.0 Å². The summed E-state index contributed by atoms with van der Waals surface area (Å²) in [6.07, 6.45) is 3.87. The molecule has 2 heterocycles. The lowest BCUT2D eigenvalue weighted by atomic mass is 9.55. The van der Waals surface area contributed by atoms with Crippen molar-refractivity contribution in [3.63, 3.8) is 0 Å². The van der Waals surface area contributed by atoms with E-state index in [-0.39, 0.29) is 11.8 Å². The first-order valence-corrected chi connectivity index (χ1v) is 8.14. The maximum atomic E-state index is 13.0. The van der Waals surface area contributed by atoms with Gasteiger partial charge in [-0.2, -0.15) is 0 Å². The van der Waals surface area contributed by atoms with Gasteiger partial charge in [0.05, 0.1) is 5.69 Å². The van der Waals surface area contributed by atoms with Crippen LogP contribution in [0.5, 0.6) is 0 Å². The molecular formula is C17H26N2O2. The molecule has 1 aliphatic heterocycles. The van der Waals surface area contributed by atoms with Crippen molar-refractivity contribution in [2.75, 3.05) is 6.54 Å². The molecule has 1 saturated carbocycles. The van der Waals surface area contributed by atoms with E-state index in [1.165, 1.54) is 19.3 Å². The maximum Gasteiger partial charge on any atom is 0.259 e. The van der Waals surface area contributed by atoms with Gasteiger partial charge in [-0.25, -0.2) is 0 Å². The summed E-state index contributed by atoms with van der Waals surface area (Å²) in [6, 6.07) is 0.382. The number of hydrogen-bond acceptors (Lipinski definition) is 3. The van der Waals surface area contributed by atoms with Crippen LogP contribution in [0.15, 0.2) is 4.52 Å². The number of rotatable bonds is 3. The minimum Gasteiger partial charge on any atom is -0.360 e. The normalized spacial score (nSPS) is 23.6. The van der Waals surface area contributed by atoms with E-state index < -0.39 is 0 Å². The van der Waals surface area contributed by atoms with Crippen LogP contribution in [0.4, 0.5) is 0 Å². The van der Waals surface area contributed by atoms with E-state index in [1.807, 2.05) is 20.8 Å². The molecule has 1 saturated heterocycles. The predicted octanol–water partition coefficient (Wildman–Crippen LogP) is 3.76. The molecular weight excluding hydrogens is 264 g/mol. The minimum atomic E-state index is 0.119. The summed E-state index contributed by atoms with van der Waals surface area (Å²) >= 11 is 0. The van der Waals surface area contributed by atoms with Gasteiger partial charge in [0.1, 0.15) is 5.56 Å². The topological polar surface area (TPSA) is 46.3 Å². The van der Waals surface area contributed by atoms with Crippen molar-refractivity contribution in [1.29, 1.82) is 0 Å². The van der Waals surface area contributed by atoms with Gasteiger partial charge in [0.2, 0.25) is 0 Å². The minimum absolute atomic E-state index is 0.119. The number of amides is 1. The second-order valence-corrected chi connectivity index (χ2v) is 7.50. The molecule has 3 rings (SSSR count). The molecule has 0 N–H and O–H groups in total. The van der Waals surface area contributed by atoms with Crippen molar-refractivity contribution < 1.29 is 9.32 Å². The fourth-order valence-corrected chi connectivity index (χ4v) is 4.28. The van der Waals surface area contributed by atoms with Crippen LogP contribution in [0.1, 0.15) is 74.7 Å². The Bertz CT molecular complexity index is 555. The average Bonchev–Trinajstić information content (AvgIpc) is 2.66. The Kier molecular flexibility index (Phi) is 3.38. The summed E-state index contributed by atoms with van der Waals surface area (Å²) < 4.78 is 5.39. The Morgan fingerprint density at radius 3 is 2.48 bits per heavy atom. The fraction of sp³-hybridized carbons (Fsp3) is 0.765. The molecule has 1 atom stereocenters. The first kappa shape index (κ1) is 14.6. The van der Waals surface area contributed by atoms with E-state index in [4.69, 9.17) is 4.52 Å². The first-order valence-electron chi connectivity index (χ1n) is 8.14. The summed E-state index contributed by atoms with van der Waals surface area (Å²) in [5.74, 6) is 1.54. The lowest BCUT2D eigenvalue weighted by Crippen LogP contribution is -2.70. The first-order chi connectivity index (χ1) is 9.87. The third kappa shape index (κ3) is 2.02. The Hall–Kier alpha value is -1.32. The molecule has 1 aliphatic carbocycles. The Labute approximate surface area is 126 Å². The lowest BCUT2D eigenvalue weighted by molar-refractivity contribution is -0.121. The van der Waals surface area contributed by atoms with E-state index in [0.717, 1.165) is 18.0 Å².